The molecule has 0 amide bonds. The summed E-state index contributed by atoms with van der Waals surface area (Å²) in [5, 5.41) is 0.542. The number of carbonyl (C=O) groups excluding carboxylic acids is 1. The minimum absolute atomic E-state index is 0.103. The van der Waals surface area contributed by atoms with E-state index in [1.807, 2.05) is 19.1 Å². The Morgan fingerprint density at radius 1 is 1.22 bits per heavy atom. The summed E-state index contributed by atoms with van der Waals surface area (Å²) in [6.07, 6.45) is 1.90. The second-order valence-electron chi connectivity index (χ2n) is 7.66. The Morgan fingerprint density at radius 2 is 2.00 bits per heavy atom. The van der Waals surface area contributed by atoms with E-state index in [0.717, 1.165) is 26.6 Å². The normalized spacial score (nSPS) is 11.4. The third kappa shape index (κ3) is 5.63. The van der Waals surface area contributed by atoms with E-state index >= 15 is 0 Å². The lowest BCUT2D eigenvalue weighted by molar-refractivity contribution is -0.144. The van der Waals surface area contributed by atoms with Gasteiger partial charge in [0.1, 0.15) is 5.75 Å². The van der Waals surface area contributed by atoms with Crippen LogP contribution < -0.4 is 10.3 Å². The van der Waals surface area contributed by atoms with E-state index in [1.54, 1.807) is 30.5 Å². The summed E-state index contributed by atoms with van der Waals surface area (Å²) in [6.45, 7) is 1.35. The van der Waals surface area contributed by atoms with Crippen molar-refractivity contribution < 1.29 is 27.4 Å². The highest BCUT2D eigenvalue weighted by molar-refractivity contribution is 7.98. The number of terminal acetylenes is 1. The maximum atomic E-state index is 13.2. The SMILES string of the molecule is C#CCOC(=O)COc1ccc(C)cc1-c1nsc2ccc(-n3c(SC)nc(C(F)(F)F)cc3=O)cc12. The van der Waals surface area contributed by atoms with Gasteiger partial charge in [0.25, 0.3) is 5.56 Å². The average Bonchev–Trinajstić information content (AvgIpc) is 3.28. The molecular weight excluding hydrogens is 527 g/mol. The van der Waals surface area contributed by atoms with E-state index in [4.69, 9.17) is 15.9 Å². The van der Waals surface area contributed by atoms with Crippen LogP contribution in [0.3, 0.4) is 0 Å². The quantitative estimate of drug-likeness (QED) is 0.138. The molecule has 0 aliphatic heterocycles. The molecule has 0 atom stereocenters. The van der Waals surface area contributed by atoms with Crippen molar-refractivity contribution in [2.24, 2.45) is 0 Å². The first kappa shape index (κ1) is 26.2. The molecule has 0 unspecified atom stereocenters. The highest BCUT2D eigenvalue weighted by Gasteiger charge is 2.34. The van der Waals surface area contributed by atoms with Crippen LogP contribution in [0, 0.1) is 19.3 Å². The topological polar surface area (TPSA) is 83.3 Å². The fourth-order valence-corrected chi connectivity index (χ4v) is 4.83. The molecule has 0 bridgehead atoms. The summed E-state index contributed by atoms with van der Waals surface area (Å²) < 4.78 is 56.6. The van der Waals surface area contributed by atoms with Gasteiger partial charge >= 0.3 is 12.1 Å². The number of alkyl halides is 3. The van der Waals surface area contributed by atoms with Gasteiger partial charge in [0.05, 0.1) is 16.1 Å². The van der Waals surface area contributed by atoms with E-state index < -0.39 is 23.4 Å². The van der Waals surface area contributed by atoms with Crippen molar-refractivity contribution in [2.75, 3.05) is 19.5 Å². The number of hydrogen-bond donors (Lipinski definition) is 0. The zero-order valence-electron chi connectivity index (χ0n) is 19.5. The number of rotatable bonds is 7. The molecule has 0 aliphatic carbocycles. The van der Waals surface area contributed by atoms with E-state index in [9.17, 15) is 22.8 Å². The second-order valence-corrected chi connectivity index (χ2v) is 9.24. The Morgan fingerprint density at radius 3 is 2.70 bits per heavy atom. The van der Waals surface area contributed by atoms with Gasteiger partial charge in [-0.2, -0.15) is 17.5 Å². The van der Waals surface area contributed by atoms with Crippen LogP contribution in [-0.4, -0.2) is 39.4 Å². The van der Waals surface area contributed by atoms with Crippen molar-refractivity contribution in [1.82, 2.24) is 13.9 Å². The smallest absolute Gasteiger partial charge is 0.433 e. The second kappa shape index (κ2) is 10.7. The Bertz CT molecular complexity index is 1590. The van der Waals surface area contributed by atoms with Gasteiger partial charge in [0, 0.05) is 17.0 Å². The van der Waals surface area contributed by atoms with Gasteiger partial charge in [-0.3, -0.25) is 9.36 Å². The average molecular weight is 546 g/mol. The van der Waals surface area contributed by atoms with Crippen molar-refractivity contribution in [3.05, 3.63) is 64.1 Å². The number of nitrogens with zero attached hydrogens (tertiary/aromatic N) is 3. The summed E-state index contributed by atoms with van der Waals surface area (Å²) in [5.41, 5.74) is 0.243. The summed E-state index contributed by atoms with van der Waals surface area (Å²) in [7, 11) is 0. The number of ether oxygens (including phenoxy) is 2. The number of aromatic nitrogens is 3. The van der Waals surface area contributed by atoms with Crippen LogP contribution in [0.25, 0.3) is 27.0 Å². The van der Waals surface area contributed by atoms with Gasteiger partial charge in [-0.15, -0.1) is 6.42 Å². The molecule has 7 nitrogen and oxygen atoms in total. The molecule has 0 N–H and O–H groups in total. The number of carbonyl (C=O) groups is 1. The first-order valence-electron chi connectivity index (χ1n) is 10.6. The predicted molar refractivity (Wildman–Crippen MR) is 135 cm³/mol. The number of benzene rings is 2. The van der Waals surface area contributed by atoms with Crippen LogP contribution in [0.2, 0.25) is 0 Å². The van der Waals surface area contributed by atoms with Crippen molar-refractivity contribution in [1.29, 1.82) is 0 Å². The lowest BCUT2D eigenvalue weighted by atomic mass is 10.0. The van der Waals surface area contributed by atoms with Crippen LogP contribution in [-0.2, 0) is 15.7 Å². The molecule has 4 rings (SSSR count). The summed E-state index contributed by atoms with van der Waals surface area (Å²) >= 11 is 2.13. The minimum Gasteiger partial charge on any atom is -0.481 e. The maximum Gasteiger partial charge on any atom is 0.433 e. The Kier molecular flexibility index (Phi) is 7.56. The molecule has 12 heteroatoms. The van der Waals surface area contributed by atoms with Gasteiger partial charge in [-0.05, 0) is 55.0 Å². The molecule has 4 aromatic rings. The molecule has 0 aliphatic rings. The minimum atomic E-state index is -4.74. The fraction of sp³-hybridized carbons (Fsp3) is 0.200. The molecule has 0 saturated carbocycles. The van der Waals surface area contributed by atoms with E-state index in [-0.39, 0.29) is 18.4 Å². The maximum absolute atomic E-state index is 13.2. The van der Waals surface area contributed by atoms with Crippen LogP contribution in [0.5, 0.6) is 5.75 Å². The number of hydrogen-bond acceptors (Lipinski definition) is 8. The zero-order chi connectivity index (χ0) is 26.7. The monoisotopic (exact) mass is 545 g/mol. The molecule has 2 aromatic heterocycles. The fourth-order valence-electron chi connectivity index (χ4n) is 3.50. The molecule has 2 aromatic carbocycles. The highest BCUT2D eigenvalue weighted by atomic mass is 32.2. The molecule has 0 radical (unpaired) electrons. The standard InChI is InChI=1S/C25H18F3N3O4S2/c1-4-9-34-22(33)13-35-18-7-5-14(2)10-16(18)23-17-11-15(6-8-19(17)37-30-23)31-21(32)12-20(25(26,27)28)29-24(31)36-3/h1,5-8,10-12H,9,13H2,2-3H3. The number of aryl methyl sites for hydroxylation is 1. The van der Waals surface area contributed by atoms with Crippen molar-refractivity contribution in [2.45, 2.75) is 18.3 Å². The summed E-state index contributed by atoms with van der Waals surface area (Å²) in [4.78, 5) is 28.3. The summed E-state index contributed by atoms with van der Waals surface area (Å²) in [6, 6.07) is 10.8. The Balaban J connectivity index is 1.80. The van der Waals surface area contributed by atoms with E-state index in [0.29, 0.717) is 34.1 Å². The largest absolute Gasteiger partial charge is 0.481 e. The molecule has 2 heterocycles. The van der Waals surface area contributed by atoms with Crippen LogP contribution in [0.15, 0.2) is 52.4 Å². The molecule has 0 spiro atoms. The number of fused-ring (bicyclic) bond motifs is 1. The lowest BCUT2D eigenvalue weighted by Gasteiger charge is -2.14. The van der Waals surface area contributed by atoms with Gasteiger partial charge in [0.2, 0.25) is 0 Å². The summed E-state index contributed by atoms with van der Waals surface area (Å²) in [5.74, 6) is 1.95. The number of esters is 1. The number of thioether (sulfide) groups is 1. The van der Waals surface area contributed by atoms with Crippen molar-refractivity contribution >= 4 is 39.3 Å². The van der Waals surface area contributed by atoms with Gasteiger partial charge in [-0.1, -0.05) is 29.3 Å². The third-order valence-corrected chi connectivity index (χ3v) is 6.59. The Hall–Kier alpha value is -3.82. The molecule has 0 fully saturated rings. The van der Waals surface area contributed by atoms with E-state index in [1.165, 1.54) is 11.5 Å². The first-order chi connectivity index (χ1) is 17.6. The van der Waals surface area contributed by atoms with Crippen LogP contribution in [0.4, 0.5) is 13.2 Å². The molecular formula is C25H18F3N3O4S2. The van der Waals surface area contributed by atoms with Crippen molar-refractivity contribution in [3.8, 4) is 35.0 Å². The lowest BCUT2D eigenvalue weighted by Crippen LogP contribution is -2.24. The van der Waals surface area contributed by atoms with Gasteiger partial charge in [0.15, 0.2) is 24.1 Å². The van der Waals surface area contributed by atoms with Gasteiger partial charge in [-0.25, -0.2) is 9.78 Å². The highest BCUT2D eigenvalue weighted by Crippen LogP contribution is 2.38. The zero-order valence-corrected chi connectivity index (χ0v) is 21.1. The third-order valence-electron chi connectivity index (χ3n) is 5.12. The first-order valence-corrected chi connectivity index (χ1v) is 12.6. The number of halogens is 3. The molecule has 37 heavy (non-hydrogen) atoms. The van der Waals surface area contributed by atoms with Crippen LogP contribution in [0.1, 0.15) is 11.3 Å². The van der Waals surface area contributed by atoms with Gasteiger partial charge < -0.3 is 9.47 Å². The Labute approximate surface area is 217 Å². The van der Waals surface area contributed by atoms with Crippen LogP contribution >= 0.6 is 23.3 Å². The van der Waals surface area contributed by atoms with Crippen molar-refractivity contribution in [3.63, 3.8) is 0 Å². The molecule has 0 saturated heterocycles. The molecule has 190 valence electrons. The predicted octanol–water partition coefficient (Wildman–Crippen LogP) is 5.11. The van der Waals surface area contributed by atoms with E-state index in [2.05, 4.69) is 15.3 Å².